The van der Waals surface area contributed by atoms with Gasteiger partial charge in [-0.1, -0.05) is 36.0 Å². The zero-order chi connectivity index (χ0) is 22.1. The van der Waals surface area contributed by atoms with Gasteiger partial charge in [0.05, 0.1) is 29.6 Å². The van der Waals surface area contributed by atoms with Crippen LogP contribution in [0.25, 0.3) is 16.7 Å². The number of fused-ring (bicyclic) bond motifs is 1. The van der Waals surface area contributed by atoms with Crippen molar-refractivity contribution in [3.8, 4) is 5.69 Å². The second-order valence-electron chi connectivity index (χ2n) is 7.47. The van der Waals surface area contributed by atoms with Gasteiger partial charge in [0.15, 0.2) is 11.4 Å². The minimum absolute atomic E-state index is 0.0998. The summed E-state index contributed by atoms with van der Waals surface area (Å²) in [4.78, 5) is 23.2. The number of aromatic nitrogens is 5. The van der Waals surface area contributed by atoms with Gasteiger partial charge in [-0.15, -0.1) is 11.3 Å². The lowest BCUT2D eigenvalue weighted by atomic mass is 10.2. The smallest absolute Gasteiger partial charge is 0.174 e. The Morgan fingerprint density at radius 1 is 1.09 bits per heavy atom. The Bertz CT molecular complexity index is 1390. The molecule has 0 unspecified atom stereocenters. The molecule has 160 valence electrons. The van der Waals surface area contributed by atoms with Gasteiger partial charge >= 0.3 is 0 Å². The number of hydrogen-bond acceptors (Lipinski definition) is 6. The molecule has 0 amide bonds. The van der Waals surface area contributed by atoms with Crippen molar-refractivity contribution in [3.63, 3.8) is 0 Å². The van der Waals surface area contributed by atoms with Crippen LogP contribution in [0.2, 0.25) is 0 Å². The van der Waals surface area contributed by atoms with Crippen molar-refractivity contribution < 1.29 is 4.79 Å². The zero-order valence-corrected chi connectivity index (χ0v) is 19.4. The van der Waals surface area contributed by atoms with Crippen molar-refractivity contribution in [1.29, 1.82) is 0 Å². The Morgan fingerprint density at radius 3 is 2.72 bits per heavy atom. The molecular weight excluding hydrogens is 438 g/mol. The molecule has 0 bridgehead atoms. The lowest BCUT2D eigenvalue weighted by Crippen LogP contribution is -2.07. The van der Waals surface area contributed by atoms with E-state index in [4.69, 9.17) is 0 Å². The molecule has 0 aliphatic carbocycles. The summed E-state index contributed by atoms with van der Waals surface area (Å²) < 4.78 is 4.00. The molecule has 0 radical (unpaired) electrons. The molecule has 0 saturated carbocycles. The van der Waals surface area contributed by atoms with Gasteiger partial charge in [0.1, 0.15) is 11.4 Å². The Balaban J connectivity index is 1.36. The van der Waals surface area contributed by atoms with Gasteiger partial charge in [0, 0.05) is 21.8 Å². The molecule has 32 heavy (non-hydrogen) atoms. The molecule has 0 aliphatic rings. The maximum atomic E-state index is 13.1. The number of thiophene rings is 1. The van der Waals surface area contributed by atoms with Gasteiger partial charge in [-0.05, 0) is 43.5 Å². The predicted octanol–water partition coefficient (Wildman–Crippen LogP) is 5.32. The fourth-order valence-corrected chi connectivity index (χ4v) is 5.33. The molecule has 1 aromatic carbocycles. The van der Waals surface area contributed by atoms with Crippen LogP contribution in [0.15, 0.2) is 71.5 Å². The van der Waals surface area contributed by atoms with E-state index in [9.17, 15) is 4.79 Å². The van der Waals surface area contributed by atoms with Crippen molar-refractivity contribution >= 4 is 39.9 Å². The standard InChI is InChI=1S/C24H21N5OS2/c1-16-11-20(17(2)28(16)13-19-9-6-10-31-19)22(30)14-32-24-21-12-27-29(23(21)25-15-26-24)18-7-4-3-5-8-18/h3-12,15H,13-14H2,1-2H3. The summed E-state index contributed by atoms with van der Waals surface area (Å²) in [5.74, 6) is 0.411. The second kappa shape index (κ2) is 8.72. The summed E-state index contributed by atoms with van der Waals surface area (Å²) in [6.07, 6.45) is 3.30. The van der Waals surface area contributed by atoms with Crippen LogP contribution < -0.4 is 0 Å². The van der Waals surface area contributed by atoms with Crippen molar-refractivity contribution in [1.82, 2.24) is 24.3 Å². The fraction of sp³-hybridized carbons (Fsp3) is 0.167. The largest absolute Gasteiger partial charge is 0.343 e. The number of nitrogens with zero attached hydrogens (tertiary/aromatic N) is 5. The van der Waals surface area contributed by atoms with Crippen LogP contribution in [-0.2, 0) is 6.54 Å². The number of hydrogen-bond donors (Lipinski definition) is 0. The molecular formula is C24H21N5OS2. The molecule has 0 spiro atoms. The molecule has 4 aromatic heterocycles. The molecule has 0 N–H and O–H groups in total. The van der Waals surface area contributed by atoms with Crippen molar-refractivity contribution in [2.24, 2.45) is 0 Å². The predicted molar refractivity (Wildman–Crippen MR) is 129 cm³/mol. The number of carbonyl (C=O) groups excluding carboxylic acids is 1. The van der Waals surface area contributed by atoms with E-state index < -0.39 is 0 Å². The van der Waals surface area contributed by atoms with Crippen LogP contribution in [0.1, 0.15) is 26.6 Å². The molecule has 0 atom stereocenters. The van der Waals surface area contributed by atoms with Crippen LogP contribution in [0.3, 0.4) is 0 Å². The minimum atomic E-state index is 0.0998. The number of para-hydroxylation sites is 1. The Morgan fingerprint density at radius 2 is 1.94 bits per heavy atom. The summed E-state index contributed by atoms with van der Waals surface area (Å²) in [6.45, 7) is 4.86. The highest BCUT2D eigenvalue weighted by atomic mass is 32.2. The van der Waals surface area contributed by atoms with Crippen LogP contribution in [0.4, 0.5) is 0 Å². The van der Waals surface area contributed by atoms with Gasteiger partial charge < -0.3 is 4.57 Å². The fourth-order valence-electron chi connectivity index (χ4n) is 3.79. The third kappa shape index (κ3) is 3.87. The maximum Gasteiger partial charge on any atom is 0.174 e. The van der Waals surface area contributed by atoms with E-state index in [1.807, 2.05) is 43.3 Å². The number of carbonyl (C=O) groups is 1. The Hall–Kier alpha value is -3.23. The number of rotatable bonds is 7. The van der Waals surface area contributed by atoms with Crippen LogP contribution in [0, 0.1) is 13.8 Å². The van der Waals surface area contributed by atoms with E-state index in [2.05, 4.69) is 44.1 Å². The molecule has 0 fully saturated rings. The van der Waals surface area contributed by atoms with Gasteiger partial charge in [-0.25, -0.2) is 14.6 Å². The average molecular weight is 460 g/mol. The third-order valence-corrected chi connectivity index (χ3v) is 7.30. The highest BCUT2D eigenvalue weighted by Crippen LogP contribution is 2.27. The lowest BCUT2D eigenvalue weighted by Gasteiger charge is -2.08. The van der Waals surface area contributed by atoms with Gasteiger partial charge in [-0.2, -0.15) is 5.10 Å². The number of Topliss-reactive ketones (excluding diaryl/α,β-unsaturated/α-hetero) is 1. The van der Waals surface area contributed by atoms with Gasteiger partial charge in [-0.3, -0.25) is 4.79 Å². The van der Waals surface area contributed by atoms with E-state index in [0.29, 0.717) is 5.75 Å². The first-order chi connectivity index (χ1) is 15.6. The quantitative estimate of drug-likeness (QED) is 0.187. The topological polar surface area (TPSA) is 65.6 Å². The summed E-state index contributed by atoms with van der Waals surface area (Å²) in [5.41, 5.74) is 4.54. The molecule has 5 rings (SSSR count). The summed E-state index contributed by atoms with van der Waals surface area (Å²) >= 11 is 3.16. The third-order valence-electron chi connectivity index (χ3n) is 5.44. The second-order valence-corrected chi connectivity index (χ2v) is 9.47. The van der Waals surface area contributed by atoms with E-state index >= 15 is 0 Å². The van der Waals surface area contributed by atoms with Crippen molar-refractivity contribution in [2.75, 3.05) is 5.75 Å². The number of aryl methyl sites for hydroxylation is 1. The number of benzene rings is 1. The van der Waals surface area contributed by atoms with Crippen LogP contribution in [-0.4, -0.2) is 35.9 Å². The molecule has 5 aromatic rings. The maximum absolute atomic E-state index is 13.1. The minimum Gasteiger partial charge on any atom is -0.343 e. The first kappa shape index (κ1) is 20.7. The average Bonchev–Trinajstić information content (AvgIpc) is 3.54. The Kier molecular flexibility index (Phi) is 5.63. The van der Waals surface area contributed by atoms with E-state index in [0.717, 1.165) is 45.2 Å². The summed E-state index contributed by atoms with van der Waals surface area (Å²) in [6, 6.07) is 16.0. The normalized spacial score (nSPS) is 11.3. The van der Waals surface area contributed by atoms with Crippen molar-refractivity contribution in [2.45, 2.75) is 25.4 Å². The van der Waals surface area contributed by atoms with Crippen molar-refractivity contribution in [3.05, 3.63) is 88.3 Å². The first-order valence-electron chi connectivity index (χ1n) is 10.2. The summed E-state index contributed by atoms with van der Waals surface area (Å²) in [7, 11) is 0. The molecule has 0 aliphatic heterocycles. The Labute approximate surface area is 193 Å². The van der Waals surface area contributed by atoms with Crippen LogP contribution in [0.5, 0.6) is 0 Å². The molecule has 6 nitrogen and oxygen atoms in total. The van der Waals surface area contributed by atoms with Gasteiger partial charge in [0.25, 0.3) is 0 Å². The SMILES string of the molecule is Cc1cc(C(=O)CSc2ncnc3c2cnn3-c2ccccc2)c(C)n1Cc1cccs1. The number of ketones is 1. The molecule has 8 heteroatoms. The highest BCUT2D eigenvalue weighted by Gasteiger charge is 2.18. The first-order valence-corrected chi connectivity index (χ1v) is 12.1. The monoisotopic (exact) mass is 459 g/mol. The molecule has 0 saturated heterocycles. The van der Waals surface area contributed by atoms with E-state index in [1.165, 1.54) is 23.0 Å². The van der Waals surface area contributed by atoms with Crippen LogP contribution >= 0.6 is 23.1 Å². The zero-order valence-electron chi connectivity index (χ0n) is 17.7. The number of thioether (sulfide) groups is 1. The van der Waals surface area contributed by atoms with E-state index in [-0.39, 0.29) is 5.78 Å². The lowest BCUT2D eigenvalue weighted by molar-refractivity contribution is 0.102. The molecule has 4 heterocycles. The van der Waals surface area contributed by atoms with Gasteiger partial charge in [0.2, 0.25) is 0 Å². The highest BCUT2D eigenvalue weighted by molar-refractivity contribution is 8.00. The van der Waals surface area contributed by atoms with E-state index in [1.54, 1.807) is 22.2 Å². The summed E-state index contributed by atoms with van der Waals surface area (Å²) in [5, 5.41) is 8.17.